The molecule has 1 aromatic rings. The summed E-state index contributed by atoms with van der Waals surface area (Å²) in [5, 5.41) is 3.40. The molecule has 1 N–H and O–H groups in total. The highest BCUT2D eigenvalue weighted by Crippen LogP contribution is 2.24. The topological polar surface area (TPSA) is 29.1 Å². The van der Waals surface area contributed by atoms with E-state index in [2.05, 4.69) is 36.5 Å². The van der Waals surface area contributed by atoms with Crippen LogP contribution in [0.4, 0.5) is 5.69 Å². The van der Waals surface area contributed by atoms with Gasteiger partial charge in [-0.25, -0.2) is 0 Å². The third-order valence-electron chi connectivity index (χ3n) is 1.95. The average Bonchev–Trinajstić information content (AvgIpc) is 2.48. The van der Waals surface area contributed by atoms with Crippen LogP contribution >= 0.6 is 0 Å². The molecule has 0 bridgehead atoms. The van der Waals surface area contributed by atoms with Gasteiger partial charge in [0.05, 0.1) is 0 Å². The maximum Gasteiger partial charge on any atom is 0.106 e. The molecular formula is C10H13NO. The van der Waals surface area contributed by atoms with Crippen molar-refractivity contribution in [2.45, 2.75) is 19.4 Å². The normalized spacial score (nSPS) is 18.6. The van der Waals surface area contributed by atoms with Gasteiger partial charge < -0.3 is 10.1 Å². The number of benzene rings is 1. The lowest BCUT2D eigenvalue weighted by Gasteiger charge is -2.00. The van der Waals surface area contributed by atoms with Crippen LogP contribution in [-0.2, 0) is 11.2 Å². The number of hydrogen-bond acceptors (Lipinski definition) is 2. The minimum atomic E-state index is 0.623. The van der Waals surface area contributed by atoms with Gasteiger partial charge in [0, 0.05) is 11.7 Å². The molecule has 2 nitrogen and oxygen atoms in total. The summed E-state index contributed by atoms with van der Waals surface area (Å²) in [6.07, 6.45) is 1.18. The van der Waals surface area contributed by atoms with E-state index >= 15 is 0 Å². The van der Waals surface area contributed by atoms with Gasteiger partial charge in [0.1, 0.15) is 6.79 Å². The number of nitrogens with one attached hydrogen (secondary N) is 1. The fourth-order valence-electron chi connectivity index (χ4n) is 1.49. The van der Waals surface area contributed by atoms with Gasteiger partial charge in [-0.3, -0.25) is 0 Å². The van der Waals surface area contributed by atoms with E-state index in [-0.39, 0.29) is 0 Å². The van der Waals surface area contributed by atoms with Crippen LogP contribution in [0.2, 0.25) is 0 Å². The molecule has 0 aliphatic carbocycles. The van der Waals surface area contributed by atoms with Gasteiger partial charge in [0.15, 0.2) is 0 Å². The molecule has 1 heterocycles. The molecule has 1 unspecified atom stereocenters. The molecule has 12 heavy (non-hydrogen) atoms. The van der Waals surface area contributed by atoms with E-state index in [4.69, 9.17) is 4.79 Å². The van der Waals surface area contributed by atoms with Crippen LogP contribution in [0.15, 0.2) is 24.3 Å². The summed E-state index contributed by atoms with van der Waals surface area (Å²) in [5.41, 5.74) is 2.77. The van der Waals surface area contributed by atoms with E-state index in [9.17, 15) is 0 Å². The average molecular weight is 163 g/mol. The van der Waals surface area contributed by atoms with Crippen molar-refractivity contribution in [3.63, 3.8) is 0 Å². The van der Waals surface area contributed by atoms with E-state index < -0.39 is 0 Å². The van der Waals surface area contributed by atoms with Crippen LogP contribution < -0.4 is 5.32 Å². The highest BCUT2D eigenvalue weighted by molar-refractivity contribution is 5.56. The summed E-state index contributed by atoms with van der Waals surface area (Å²) < 4.78 is 0. The lowest BCUT2D eigenvalue weighted by molar-refractivity contribution is -0.0979. The van der Waals surface area contributed by atoms with Crippen LogP contribution in [0.25, 0.3) is 0 Å². The summed E-state index contributed by atoms with van der Waals surface area (Å²) in [6, 6.07) is 9.12. The number of rotatable bonds is 0. The molecule has 1 aromatic carbocycles. The molecule has 64 valence electrons. The van der Waals surface area contributed by atoms with Crippen molar-refractivity contribution < 1.29 is 4.79 Å². The van der Waals surface area contributed by atoms with Crippen molar-refractivity contribution in [3.8, 4) is 0 Å². The molecular weight excluding hydrogens is 150 g/mol. The summed E-state index contributed by atoms with van der Waals surface area (Å²) in [7, 11) is 0. The Morgan fingerprint density at radius 2 is 2.08 bits per heavy atom. The lowest BCUT2D eigenvalue weighted by atomic mass is 10.1. The Morgan fingerprint density at radius 3 is 2.75 bits per heavy atom. The van der Waals surface area contributed by atoms with Crippen molar-refractivity contribution in [1.82, 2.24) is 0 Å². The van der Waals surface area contributed by atoms with E-state index in [1.807, 2.05) is 6.79 Å². The molecule has 0 radical (unpaired) electrons. The third-order valence-corrected chi connectivity index (χ3v) is 1.95. The minimum absolute atomic E-state index is 0.623. The molecule has 0 aromatic heterocycles. The van der Waals surface area contributed by atoms with Crippen LogP contribution in [-0.4, -0.2) is 12.8 Å². The number of carbonyl (C=O) groups excluding carboxylic acids is 1. The fraction of sp³-hybridized carbons (Fsp3) is 0.300. The molecule has 2 rings (SSSR count). The van der Waals surface area contributed by atoms with Crippen LogP contribution in [0, 0.1) is 0 Å². The van der Waals surface area contributed by atoms with E-state index in [0.717, 1.165) is 0 Å². The summed E-state index contributed by atoms with van der Waals surface area (Å²) >= 11 is 0. The van der Waals surface area contributed by atoms with Gasteiger partial charge in [0.25, 0.3) is 0 Å². The molecule has 1 atom stereocenters. The fourth-order valence-corrected chi connectivity index (χ4v) is 1.49. The van der Waals surface area contributed by atoms with E-state index in [0.29, 0.717) is 6.04 Å². The number of anilines is 1. The predicted octanol–water partition coefficient (Wildman–Crippen LogP) is 1.86. The number of hydrogen-bond donors (Lipinski definition) is 1. The maximum atomic E-state index is 8.00. The standard InChI is InChI=1S/C9H11N.CH2O/c1-7-6-8-4-2-3-5-9(8)10-7;1-2/h2-5,7,10H,6H2,1H3;1H2. The summed E-state index contributed by atoms with van der Waals surface area (Å²) in [4.78, 5) is 8.00. The second-order valence-electron chi connectivity index (χ2n) is 2.91. The van der Waals surface area contributed by atoms with Gasteiger partial charge in [-0.1, -0.05) is 18.2 Å². The first kappa shape index (κ1) is 8.78. The Hall–Kier alpha value is -1.31. The molecule has 1 aliphatic rings. The van der Waals surface area contributed by atoms with Gasteiger partial charge >= 0.3 is 0 Å². The second kappa shape index (κ2) is 3.90. The molecule has 0 saturated carbocycles. The predicted molar refractivity (Wildman–Crippen MR) is 50.4 cm³/mol. The van der Waals surface area contributed by atoms with Gasteiger partial charge in [-0.05, 0) is 25.0 Å². The zero-order valence-corrected chi connectivity index (χ0v) is 7.21. The van der Waals surface area contributed by atoms with Gasteiger partial charge in [-0.2, -0.15) is 0 Å². The SMILES string of the molecule is C=O.CC1Cc2ccccc2N1. The largest absolute Gasteiger partial charge is 0.382 e. The molecule has 2 heteroatoms. The monoisotopic (exact) mass is 163 g/mol. The van der Waals surface area contributed by atoms with E-state index in [1.165, 1.54) is 17.7 Å². The summed E-state index contributed by atoms with van der Waals surface area (Å²) in [6.45, 7) is 4.21. The molecule has 0 amide bonds. The Balaban J connectivity index is 0.000000336. The first-order valence-electron chi connectivity index (χ1n) is 3.99. The van der Waals surface area contributed by atoms with E-state index in [1.54, 1.807) is 0 Å². The lowest BCUT2D eigenvalue weighted by Crippen LogP contribution is -2.08. The Bertz CT molecular complexity index is 235. The number of para-hydroxylation sites is 1. The molecule has 0 spiro atoms. The molecule has 0 fully saturated rings. The van der Waals surface area contributed by atoms with Crippen molar-refractivity contribution >= 4 is 12.5 Å². The van der Waals surface area contributed by atoms with Crippen LogP contribution in [0.1, 0.15) is 12.5 Å². The van der Waals surface area contributed by atoms with Gasteiger partial charge in [0.2, 0.25) is 0 Å². The first-order valence-corrected chi connectivity index (χ1v) is 3.99. The zero-order chi connectivity index (χ0) is 8.97. The molecule has 0 saturated heterocycles. The third kappa shape index (κ3) is 1.64. The van der Waals surface area contributed by atoms with Gasteiger partial charge in [-0.15, -0.1) is 0 Å². The zero-order valence-electron chi connectivity index (χ0n) is 7.21. The first-order chi connectivity index (χ1) is 5.86. The molecule has 1 aliphatic heterocycles. The summed E-state index contributed by atoms with van der Waals surface area (Å²) in [5.74, 6) is 0. The highest BCUT2D eigenvalue weighted by atomic mass is 16.1. The smallest absolute Gasteiger partial charge is 0.106 e. The van der Waals surface area contributed by atoms with Crippen molar-refractivity contribution in [2.75, 3.05) is 5.32 Å². The Morgan fingerprint density at radius 1 is 1.42 bits per heavy atom. The Kier molecular flexibility index (Phi) is 2.86. The van der Waals surface area contributed by atoms with Crippen molar-refractivity contribution in [1.29, 1.82) is 0 Å². The Labute approximate surface area is 72.6 Å². The van der Waals surface area contributed by atoms with Crippen molar-refractivity contribution in [2.24, 2.45) is 0 Å². The maximum absolute atomic E-state index is 8.00. The highest BCUT2D eigenvalue weighted by Gasteiger charge is 2.14. The van der Waals surface area contributed by atoms with Crippen molar-refractivity contribution in [3.05, 3.63) is 29.8 Å². The second-order valence-corrected chi connectivity index (χ2v) is 2.91. The number of carbonyl (C=O) groups is 1. The quantitative estimate of drug-likeness (QED) is 0.632. The number of fused-ring (bicyclic) bond motifs is 1. The van der Waals surface area contributed by atoms with Crippen LogP contribution in [0.5, 0.6) is 0 Å². The minimum Gasteiger partial charge on any atom is -0.382 e. The van der Waals surface area contributed by atoms with Crippen LogP contribution in [0.3, 0.4) is 0 Å².